The molecule has 5 heteroatoms. The van der Waals surface area contributed by atoms with Crippen LogP contribution in [0.25, 0.3) is 11.2 Å². The van der Waals surface area contributed by atoms with E-state index in [2.05, 4.69) is 28.4 Å². The number of rotatable bonds is 2. The second-order valence-electron chi connectivity index (χ2n) is 5.96. The number of nitrogens with zero attached hydrogens (tertiary/aromatic N) is 3. The largest absolute Gasteiger partial charge is 0.481 e. The number of anilines is 1. The van der Waals surface area contributed by atoms with E-state index in [0.717, 1.165) is 29.9 Å². The third-order valence-electron chi connectivity index (χ3n) is 4.68. The molecule has 3 unspecified atom stereocenters. The second-order valence-corrected chi connectivity index (χ2v) is 5.96. The zero-order chi connectivity index (χ0) is 14.3. The Morgan fingerprint density at radius 2 is 2.00 bits per heavy atom. The van der Waals surface area contributed by atoms with Gasteiger partial charge < -0.3 is 10.5 Å². The van der Waals surface area contributed by atoms with E-state index in [0.29, 0.717) is 23.8 Å². The number of fused-ring (bicyclic) bond motifs is 1. The van der Waals surface area contributed by atoms with E-state index >= 15 is 0 Å². The second kappa shape index (κ2) is 4.96. The summed E-state index contributed by atoms with van der Waals surface area (Å²) in [6.45, 7) is 4.65. The Labute approximate surface area is 119 Å². The maximum atomic E-state index is 6.13. The van der Waals surface area contributed by atoms with Gasteiger partial charge in [-0.15, -0.1) is 0 Å². The van der Waals surface area contributed by atoms with Gasteiger partial charge in [0.1, 0.15) is 5.52 Å². The molecule has 0 aromatic carbocycles. The number of nitrogens with two attached hydrogens (primary N) is 1. The van der Waals surface area contributed by atoms with Crippen molar-refractivity contribution < 1.29 is 4.74 Å². The minimum atomic E-state index is 0.394. The summed E-state index contributed by atoms with van der Waals surface area (Å²) in [6, 6.07) is 4.14. The number of ether oxygens (including phenoxy) is 1. The third-order valence-corrected chi connectivity index (χ3v) is 4.68. The molecule has 3 rings (SSSR count). The van der Waals surface area contributed by atoms with E-state index in [1.54, 1.807) is 7.11 Å². The summed E-state index contributed by atoms with van der Waals surface area (Å²) >= 11 is 0. The number of pyridine rings is 1. The molecule has 108 valence electrons. The average molecular weight is 274 g/mol. The lowest BCUT2D eigenvalue weighted by molar-refractivity contribution is 0.214. The molecule has 2 N–H and O–H groups in total. The van der Waals surface area contributed by atoms with Gasteiger partial charge in [-0.05, 0) is 37.2 Å². The first-order chi connectivity index (χ1) is 9.60. The summed E-state index contributed by atoms with van der Waals surface area (Å²) in [6.07, 6.45) is 3.50. The molecule has 1 aliphatic carbocycles. The molecule has 2 heterocycles. The lowest BCUT2D eigenvalue weighted by Gasteiger charge is -2.33. The van der Waals surface area contributed by atoms with Gasteiger partial charge in [0.2, 0.25) is 11.8 Å². The Bertz CT molecular complexity index is 622. The highest BCUT2D eigenvalue weighted by molar-refractivity contribution is 5.75. The summed E-state index contributed by atoms with van der Waals surface area (Å²) in [4.78, 5) is 8.96. The van der Waals surface area contributed by atoms with Crippen molar-refractivity contribution in [3.63, 3.8) is 0 Å². The van der Waals surface area contributed by atoms with Crippen LogP contribution < -0.4 is 10.5 Å². The van der Waals surface area contributed by atoms with Crippen LogP contribution in [0.2, 0.25) is 0 Å². The molecule has 1 aliphatic rings. The zero-order valence-electron chi connectivity index (χ0n) is 12.3. The van der Waals surface area contributed by atoms with Crippen molar-refractivity contribution >= 4 is 17.1 Å². The Morgan fingerprint density at radius 1 is 1.20 bits per heavy atom. The first-order valence-electron chi connectivity index (χ1n) is 7.28. The van der Waals surface area contributed by atoms with Gasteiger partial charge in [0.15, 0.2) is 5.65 Å². The lowest BCUT2D eigenvalue weighted by Crippen LogP contribution is -2.24. The smallest absolute Gasteiger partial charge is 0.215 e. The van der Waals surface area contributed by atoms with Gasteiger partial charge in [-0.1, -0.05) is 13.8 Å². The lowest BCUT2D eigenvalue weighted by atomic mass is 9.79. The summed E-state index contributed by atoms with van der Waals surface area (Å²) in [5.74, 6) is 2.66. The normalized spacial score (nSPS) is 26.9. The van der Waals surface area contributed by atoms with Crippen LogP contribution in [0.5, 0.6) is 5.88 Å². The average Bonchev–Trinajstić information content (AvgIpc) is 2.77. The van der Waals surface area contributed by atoms with Gasteiger partial charge in [-0.2, -0.15) is 4.98 Å². The van der Waals surface area contributed by atoms with Crippen LogP contribution >= 0.6 is 0 Å². The molecular weight excluding hydrogens is 252 g/mol. The van der Waals surface area contributed by atoms with Crippen LogP contribution in [0.1, 0.15) is 39.2 Å². The van der Waals surface area contributed by atoms with Crippen molar-refractivity contribution in [3.8, 4) is 5.88 Å². The first-order valence-corrected chi connectivity index (χ1v) is 7.28. The van der Waals surface area contributed by atoms with E-state index < -0.39 is 0 Å². The van der Waals surface area contributed by atoms with Crippen LogP contribution in [0, 0.1) is 11.8 Å². The van der Waals surface area contributed by atoms with Gasteiger partial charge >= 0.3 is 0 Å². The van der Waals surface area contributed by atoms with E-state index in [1.807, 2.05) is 12.1 Å². The summed E-state index contributed by atoms with van der Waals surface area (Å²) < 4.78 is 7.32. The Balaban J connectivity index is 2.03. The van der Waals surface area contributed by atoms with E-state index in [1.165, 1.54) is 6.42 Å². The molecule has 2 aromatic rings. The van der Waals surface area contributed by atoms with Gasteiger partial charge in [0.05, 0.1) is 7.11 Å². The van der Waals surface area contributed by atoms with Gasteiger partial charge in [-0.3, -0.25) is 4.57 Å². The molecule has 0 spiro atoms. The quantitative estimate of drug-likeness (QED) is 0.914. The minimum Gasteiger partial charge on any atom is -0.481 e. The first kappa shape index (κ1) is 13.2. The molecule has 0 bridgehead atoms. The van der Waals surface area contributed by atoms with Gasteiger partial charge in [0.25, 0.3) is 0 Å². The number of aromatic nitrogens is 3. The van der Waals surface area contributed by atoms with Crippen molar-refractivity contribution in [1.29, 1.82) is 0 Å². The number of imidazole rings is 1. The van der Waals surface area contributed by atoms with Crippen molar-refractivity contribution in [1.82, 2.24) is 14.5 Å². The zero-order valence-corrected chi connectivity index (χ0v) is 12.3. The van der Waals surface area contributed by atoms with E-state index in [-0.39, 0.29) is 0 Å². The molecule has 1 fully saturated rings. The van der Waals surface area contributed by atoms with Crippen LogP contribution in [0.3, 0.4) is 0 Å². The monoisotopic (exact) mass is 274 g/mol. The molecule has 0 amide bonds. The number of hydrogen-bond donors (Lipinski definition) is 1. The predicted molar refractivity (Wildman–Crippen MR) is 79.7 cm³/mol. The third kappa shape index (κ3) is 2.11. The van der Waals surface area contributed by atoms with Crippen LogP contribution in [-0.2, 0) is 0 Å². The van der Waals surface area contributed by atoms with Crippen LogP contribution in [0.15, 0.2) is 12.1 Å². The van der Waals surface area contributed by atoms with E-state index in [4.69, 9.17) is 10.5 Å². The molecule has 3 atom stereocenters. The topological polar surface area (TPSA) is 66.0 Å². The molecule has 20 heavy (non-hydrogen) atoms. The van der Waals surface area contributed by atoms with Gasteiger partial charge in [0, 0.05) is 12.1 Å². The highest BCUT2D eigenvalue weighted by Gasteiger charge is 2.28. The number of nitrogen functional groups attached to an aromatic ring is 1. The molecule has 0 aliphatic heterocycles. The molecule has 1 saturated carbocycles. The maximum absolute atomic E-state index is 6.13. The molecule has 5 nitrogen and oxygen atoms in total. The Kier molecular flexibility index (Phi) is 3.28. The molecule has 0 radical (unpaired) electrons. The fourth-order valence-electron chi connectivity index (χ4n) is 3.20. The highest BCUT2D eigenvalue weighted by Crippen LogP contribution is 2.38. The molecule has 2 aromatic heterocycles. The van der Waals surface area contributed by atoms with Crippen molar-refractivity contribution in [2.24, 2.45) is 11.8 Å². The SMILES string of the molecule is COc1ccc2nc(N)n(C3CCC(C)C(C)C3)c2n1. The minimum absolute atomic E-state index is 0.394. The van der Waals surface area contributed by atoms with Gasteiger partial charge in [-0.25, -0.2) is 4.98 Å². The Hall–Kier alpha value is -1.78. The van der Waals surface area contributed by atoms with E-state index in [9.17, 15) is 0 Å². The summed E-state index contributed by atoms with van der Waals surface area (Å²) in [5, 5.41) is 0. The van der Waals surface area contributed by atoms with Crippen molar-refractivity contribution in [3.05, 3.63) is 12.1 Å². The highest BCUT2D eigenvalue weighted by atomic mass is 16.5. The van der Waals surface area contributed by atoms with Crippen LogP contribution in [0.4, 0.5) is 5.95 Å². The molecule has 0 saturated heterocycles. The number of methoxy groups -OCH3 is 1. The summed E-state index contributed by atoms with van der Waals surface area (Å²) in [7, 11) is 1.63. The van der Waals surface area contributed by atoms with Crippen molar-refractivity contribution in [2.75, 3.05) is 12.8 Å². The van der Waals surface area contributed by atoms with Crippen LogP contribution in [-0.4, -0.2) is 21.6 Å². The predicted octanol–water partition coefficient (Wildman–Crippen LogP) is 3.02. The fraction of sp³-hybridized carbons (Fsp3) is 0.600. The summed E-state index contributed by atoms with van der Waals surface area (Å²) in [5.41, 5.74) is 7.81. The molecular formula is C15H22N4O. The Morgan fingerprint density at radius 3 is 2.70 bits per heavy atom. The standard InChI is InChI=1S/C15H22N4O/c1-9-4-5-11(8-10(9)2)19-14-12(17-15(19)16)6-7-13(18-14)20-3/h6-7,9-11H,4-5,8H2,1-3H3,(H2,16,17). The maximum Gasteiger partial charge on any atom is 0.215 e. The fourth-order valence-corrected chi connectivity index (χ4v) is 3.20. The number of hydrogen-bond acceptors (Lipinski definition) is 4. The van der Waals surface area contributed by atoms with Crippen molar-refractivity contribution in [2.45, 2.75) is 39.2 Å².